The Morgan fingerprint density at radius 1 is 0.875 bits per heavy atom. The average molecular weight is 228 g/mol. The van der Waals surface area contributed by atoms with E-state index < -0.39 is 0 Å². The minimum atomic E-state index is 0.326. The summed E-state index contributed by atoms with van der Waals surface area (Å²) in [5.74, 6) is 0. The van der Waals surface area contributed by atoms with E-state index in [0.717, 1.165) is 37.4 Å². The van der Waals surface area contributed by atoms with Gasteiger partial charge < -0.3 is 9.47 Å². The molecule has 0 amide bonds. The van der Waals surface area contributed by atoms with Gasteiger partial charge in [-0.2, -0.15) is 0 Å². The van der Waals surface area contributed by atoms with Crippen LogP contribution in [0.25, 0.3) is 0 Å². The molecule has 16 heavy (non-hydrogen) atoms. The van der Waals surface area contributed by atoms with Gasteiger partial charge in [0.2, 0.25) is 0 Å². The summed E-state index contributed by atoms with van der Waals surface area (Å²) in [7, 11) is 0. The summed E-state index contributed by atoms with van der Waals surface area (Å²) < 4.78 is 10.4. The van der Waals surface area contributed by atoms with Crippen molar-refractivity contribution in [3.8, 4) is 0 Å². The van der Waals surface area contributed by atoms with Gasteiger partial charge in [0.1, 0.15) is 13.5 Å². The molecule has 0 aromatic carbocycles. The first-order chi connectivity index (χ1) is 7.63. The SMILES string of the molecule is CC(C)=NCCCCOCOCN=C(C)C. The van der Waals surface area contributed by atoms with Crippen LogP contribution in [0, 0.1) is 0 Å². The molecule has 94 valence electrons. The third-order valence-corrected chi connectivity index (χ3v) is 1.76. The molecule has 4 heteroatoms. The summed E-state index contributed by atoms with van der Waals surface area (Å²) in [4.78, 5) is 8.39. The van der Waals surface area contributed by atoms with Gasteiger partial charge in [-0.05, 0) is 40.5 Å². The topological polar surface area (TPSA) is 43.2 Å². The lowest BCUT2D eigenvalue weighted by Gasteiger charge is -2.03. The molecule has 0 aliphatic carbocycles. The monoisotopic (exact) mass is 228 g/mol. The summed E-state index contributed by atoms with van der Waals surface area (Å²) in [6.45, 7) is 10.3. The van der Waals surface area contributed by atoms with Gasteiger partial charge in [0, 0.05) is 24.6 Å². The minimum absolute atomic E-state index is 0.326. The first-order valence-electron chi connectivity index (χ1n) is 5.73. The Hall–Kier alpha value is -0.740. The molecule has 0 fully saturated rings. The van der Waals surface area contributed by atoms with E-state index >= 15 is 0 Å². The Bertz CT molecular complexity index is 193. The number of ether oxygens (including phenoxy) is 2. The number of hydrogen-bond donors (Lipinski definition) is 0. The Kier molecular flexibility index (Phi) is 10.3. The molecule has 0 heterocycles. The first kappa shape index (κ1) is 15.3. The van der Waals surface area contributed by atoms with Crippen LogP contribution in [0.1, 0.15) is 40.5 Å². The zero-order chi connectivity index (χ0) is 12.2. The molecular weight excluding hydrogens is 204 g/mol. The summed E-state index contributed by atoms with van der Waals surface area (Å²) >= 11 is 0. The van der Waals surface area contributed by atoms with E-state index in [1.54, 1.807) is 0 Å². The fourth-order valence-corrected chi connectivity index (χ4v) is 0.948. The third-order valence-electron chi connectivity index (χ3n) is 1.76. The molecule has 0 unspecified atom stereocenters. The zero-order valence-corrected chi connectivity index (χ0v) is 11.0. The van der Waals surface area contributed by atoms with Gasteiger partial charge in [-0.25, -0.2) is 0 Å². The van der Waals surface area contributed by atoms with Gasteiger partial charge in [0.15, 0.2) is 0 Å². The molecule has 0 radical (unpaired) electrons. The maximum atomic E-state index is 5.28. The Labute approximate surface area is 98.8 Å². The predicted octanol–water partition coefficient (Wildman–Crippen LogP) is 2.68. The smallest absolute Gasteiger partial charge is 0.149 e. The number of rotatable bonds is 9. The highest BCUT2D eigenvalue weighted by Crippen LogP contribution is 1.92. The van der Waals surface area contributed by atoms with Crippen LogP contribution in [-0.2, 0) is 9.47 Å². The molecule has 0 rings (SSSR count). The first-order valence-corrected chi connectivity index (χ1v) is 5.73. The quantitative estimate of drug-likeness (QED) is 0.346. The highest BCUT2D eigenvalue weighted by molar-refractivity contribution is 5.79. The summed E-state index contributed by atoms with van der Waals surface area (Å²) in [5, 5.41) is 0. The number of hydrogen-bond acceptors (Lipinski definition) is 4. The van der Waals surface area contributed by atoms with Crippen LogP contribution in [0.15, 0.2) is 9.98 Å². The van der Waals surface area contributed by atoms with Crippen LogP contribution in [0.3, 0.4) is 0 Å². The van der Waals surface area contributed by atoms with E-state index in [1.807, 2.05) is 27.7 Å². The van der Waals surface area contributed by atoms with Crippen molar-refractivity contribution in [1.82, 2.24) is 0 Å². The van der Waals surface area contributed by atoms with Crippen LogP contribution >= 0.6 is 0 Å². The van der Waals surface area contributed by atoms with Gasteiger partial charge >= 0.3 is 0 Å². The molecule has 0 aromatic heterocycles. The molecule has 0 aliphatic heterocycles. The molecule has 0 saturated carbocycles. The lowest BCUT2D eigenvalue weighted by Crippen LogP contribution is -2.03. The maximum absolute atomic E-state index is 5.28. The van der Waals surface area contributed by atoms with Crippen LogP contribution < -0.4 is 0 Å². The molecular formula is C12H24N2O2. The van der Waals surface area contributed by atoms with E-state index in [2.05, 4.69) is 9.98 Å². The van der Waals surface area contributed by atoms with E-state index in [4.69, 9.17) is 9.47 Å². The molecule has 0 atom stereocenters. The van der Waals surface area contributed by atoms with Crippen molar-refractivity contribution >= 4 is 11.4 Å². The number of unbranched alkanes of at least 4 members (excludes halogenated alkanes) is 1. The number of aliphatic imine (C=N–C) groups is 2. The Morgan fingerprint density at radius 2 is 1.56 bits per heavy atom. The van der Waals surface area contributed by atoms with Crippen LogP contribution in [0.5, 0.6) is 0 Å². The largest absolute Gasteiger partial charge is 0.355 e. The van der Waals surface area contributed by atoms with Crippen LogP contribution in [0.2, 0.25) is 0 Å². The molecule has 0 N–H and O–H groups in total. The average Bonchev–Trinajstić information content (AvgIpc) is 2.20. The van der Waals surface area contributed by atoms with Crippen molar-refractivity contribution in [3.63, 3.8) is 0 Å². The summed E-state index contributed by atoms with van der Waals surface area (Å²) in [6, 6.07) is 0. The second-order valence-electron chi connectivity index (χ2n) is 4.00. The van der Waals surface area contributed by atoms with Gasteiger partial charge in [0.05, 0.1) is 0 Å². The van der Waals surface area contributed by atoms with E-state index in [-0.39, 0.29) is 0 Å². The van der Waals surface area contributed by atoms with Gasteiger partial charge in [-0.3, -0.25) is 9.98 Å². The molecule has 0 saturated heterocycles. The second-order valence-corrected chi connectivity index (χ2v) is 4.00. The van der Waals surface area contributed by atoms with Crippen molar-refractivity contribution in [2.75, 3.05) is 26.7 Å². The highest BCUT2D eigenvalue weighted by atomic mass is 16.7. The molecule has 0 aromatic rings. The highest BCUT2D eigenvalue weighted by Gasteiger charge is 1.89. The molecule has 0 bridgehead atoms. The molecule has 0 aliphatic rings. The molecule has 0 spiro atoms. The van der Waals surface area contributed by atoms with Crippen molar-refractivity contribution in [2.45, 2.75) is 40.5 Å². The number of nitrogens with zero attached hydrogens (tertiary/aromatic N) is 2. The zero-order valence-electron chi connectivity index (χ0n) is 11.0. The van der Waals surface area contributed by atoms with E-state index in [0.29, 0.717) is 13.5 Å². The Balaban J connectivity index is 3.10. The maximum Gasteiger partial charge on any atom is 0.149 e. The Morgan fingerprint density at radius 3 is 2.19 bits per heavy atom. The third kappa shape index (κ3) is 13.3. The van der Waals surface area contributed by atoms with E-state index in [9.17, 15) is 0 Å². The lowest BCUT2D eigenvalue weighted by atomic mass is 10.3. The minimum Gasteiger partial charge on any atom is -0.355 e. The second kappa shape index (κ2) is 10.8. The predicted molar refractivity (Wildman–Crippen MR) is 68.4 cm³/mol. The summed E-state index contributed by atoms with van der Waals surface area (Å²) in [6.07, 6.45) is 2.09. The van der Waals surface area contributed by atoms with Gasteiger partial charge in [-0.15, -0.1) is 0 Å². The van der Waals surface area contributed by atoms with E-state index in [1.165, 1.54) is 0 Å². The normalized spacial score (nSPS) is 10.0. The van der Waals surface area contributed by atoms with Crippen molar-refractivity contribution in [2.24, 2.45) is 9.98 Å². The lowest BCUT2D eigenvalue weighted by molar-refractivity contribution is -0.0518. The standard InChI is InChI=1S/C12H24N2O2/c1-11(2)13-7-5-6-8-15-10-16-9-14-12(3)4/h5-10H2,1-4H3. The molecule has 4 nitrogen and oxygen atoms in total. The van der Waals surface area contributed by atoms with Crippen LogP contribution in [-0.4, -0.2) is 38.1 Å². The fourth-order valence-electron chi connectivity index (χ4n) is 0.948. The van der Waals surface area contributed by atoms with Crippen molar-refractivity contribution < 1.29 is 9.47 Å². The van der Waals surface area contributed by atoms with Gasteiger partial charge in [-0.1, -0.05) is 0 Å². The van der Waals surface area contributed by atoms with Crippen molar-refractivity contribution in [3.05, 3.63) is 0 Å². The van der Waals surface area contributed by atoms with Gasteiger partial charge in [0.25, 0.3) is 0 Å². The summed E-state index contributed by atoms with van der Waals surface area (Å²) in [5.41, 5.74) is 2.16. The van der Waals surface area contributed by atoms with Crippen LogP contribution in [0.4, 0.5) is 0 Å². The van der Waals surface area contributed by atoms with Crippen molar-refractivity contribution in [1.29, 1.82) is 0 Å². The fraction of sp³-hybridized carbons (Fsp3) is 0.833.